The molecule has 1 aliphatic heterocycles. The largest absolute Gasteiger partial charge is 0.486 e. The van der Waals surface area contributed by atoms with E-state index in [4.69, 9.17) is 9.47 Å². The zero-order chi connectivity index (χ0) is 14.3. The molecule has 2 saturated carbocycles. The Morgan fingerprint density at radius 1 is 1.10 bits per heavy atom. The molecule has 112 valence electrons. The predicted octanol–water partition coefficient (Wildman–Crippen LogP) is 2.55. The maximum absolute atomic E-state index is 12.7. The summed E-state index contributed by atoms with van der Waals surface area (Å²) >= 11 is 0. The molecule has 4 rings (SSSR count). The average molecular weight is 287 g/mol. The molecule has 1 aromatic rings. The SMILES string of the molecule is O=C(NC1CCCC1)C1(c2ccc3c(c2)OCCO3)CC1. The van der Waals surface area contributed by atoms with Crippen LogP contribution in [0.15, 0.2) is 18.2 Å². The van der Waals surface area contributed by atoms with E-state index in [0.717, 1.165) is 42.7 Å². The van der Waals surface area contributed by atoms with Crippen molar-refractivity contribution in [3.8, 4) is 11.5 Å². The van der Waals surface area contributed by atoms with Crippen molar-refractivity contribution < 1.29 is 14.3 Å². The van der Waals surface area contributed by atoms with Crippen LogP contribution in [-0.2, 0) is 10.2 Å². The highest BCUT2D eigenvalue weighted by Crippen LogP contribution is 2.50. The van der Waals surface area contributed by atoms with Gasteiger partial charge < -0.3 is 14.8 Å². The van der Waals surface area contributed by atoms with Crippen molar-refractivity contribution in [1.29, 1.82) is 0 Å². The van der Waals surface area contributed by atoms with Gasteiger partial charge in [0.25, 0.3) is 0 Å². The molecular formula is C17H21NO3. The van der Waals surface area contributed by atoms with Gasteiger partial charge in [0.15, 0.2) is 11.5 Å². The number of amides is 1. The molecule has 0 unspecified atom stereocenters. The fourth-order valence-corrected chi connectivity index (χ4v) is 3.51. The maximum Gasteiger partial charge on any atom is 0.230 e. The Hall–Kier alpha value is -1.71. The Kier molecular flexibility index (Phi) is 3.05. The summed E-state index contributed by atoms with van der Waals surface area (Å²) in [4.78, 5) is 12.7. The second-order valence-corrected chi connectivity index (χ2v) is 6.40. The van der Waals surface area contributed by atoms with Crippen LogP contribution in [0.2, 0.25) is 0 Å². The van der Waals surface area contributed by atoms with Crippen molar-refractivity contribution in [1.82, 2.24) is 5.32 Å². The van der Waals surface area contributed by atoms with Crippen LogP contribution in [0.1, 0.15) is 44.1 Å². The Labute approximate surface area is 124 Å². The van der Waals surface area contributed by atoms with Gasteiger partial charge in [-0.05, 0) is 43.4 Å². The van der Waals surface area contributed by atoms with Gasteiger partial charge in [0.05, 0.1) is 5.41 Å². The van der Waals surface area contributed by atoms with Gasteiger partial charge in [0.2, 0.25) is 5.91 Å². The first kappa shape index (κ1) is 13.0. The first-order chi connectivity index (χ1) is 10.3. The minimum Gasteiger partial charge on any atom is -0.486 e. The van der Waals surface area contributed by atoms with E-state index in [0.29, 0.717) is 19.3 Å². The van der Waals surface area contributed by atoms with Crippen molar-refractivity contribution in [2.45, 2.75) is 50.0 Å². The van der Waals surface area contributed by atoms with E-state index in [-0.39, 0.29) is 11.3 Å². The molecule has 0 saturated heterocycles. The lowest BCUT2D eigenvalue weighted by atomic mass is 9.94. The number of benzene rings is 1. The molecule has 0 aromatic heterocycles. The summed E-state index contributed by atoms with van der Waals surface area (Å²) in [6, 6.07) is 6.34. The summed E-state index contributed by atoms with van der Waals surface area (Å²) in [6.07, 6.45) is 6.60. The number of hydrogen-bond acceptors (Lipinski definition) is 3. The van der Waals surface area contributed by atoms with E-state index in [1.54, 1.807) is 0 Å². The second-order valence-electron chi connectivity index (χ2n) is 6.40. The molecule has 0 atom stereocenters. The highest BCUT2D eigenvalue weighted by Gasteiger charge is 2.52. The number of nitrogens with one attached hydrogen (secondary N) is 1. The number of fused-ring (bicyclic) bond motifs is 1. The normalized spacial score (nSPS) is 22.9. The Morgan fingerprint density at radius 3 is 2.52 bits per heavy atom. The van der Waals surface area contributed by atoms with Gasteiger partial charge in [-0.2, -0.15) is 0 Å². The van der Waals surface area contributed by atoms with Crippen LogP contribution in [0.25, 0.3) is 0 Å². The van der Waals surface area contributed by atoms with Crippen LogP contribution in [0.3, 0.4) is 0 Å². The maximum atomic E-state index is 12.7. The van der Waals surface area contributed by atoms with Gasteiger partial charge in [0.1, 0.15) is 13.2 Å². The summed E-state index contributed by atoms with van der Waals surface area (Å²) in [7, 11) is 0. The van der Waals surface area contributed by atoms with Crippen LogP contribution in [-0.4, -0.2) is 25.2 Å². The van der Waals surface area contributed by atoms with Crippen molar-refractivity contribution in [3.05, 3.63) is 23.8 Å². The molecule has 0 radical (unpaired) electrons. The fourth-order valence-electron chi connectivity index (χ4n) is 3.51. The first-order valence-electron chi connectivity index (χ1n) is 7.99. The van der Waals surface area contributed by atoms with Crippen molar-refractivity contribution in [2.24, 2.45) is 0 Å². The van der Waals surface area contributed by atoms with Gasteiger partial charge in [0, 0.05) is 6.04 Å². The molecule has 1 N–H and O–H groups in total. The molecule has 4 nitrogen and oxygen atoms in total. The fraction of sp³-hybridized carbons (Fsp3) is 0.588. The molecule has 1 aromatic carbocycles. The van der Waals surface area contributed by atoms with Gasteiger partial charge in [-0.3, -0.25) is 4.79 Å². The highest BCUT2D eigenvalue weighted by molar-refractivity contribution is 5.91. The number of carbonyl (C=O) groups is 1. The van der Waals surface area contributed by atoms with E-state index >= 15 is 0 Å². The van der Waals surface area contributed by atoms with E-state index in [2.05, 4.69) is 5.32 Å². The summed E-state index contributed by atoms with van der Waals surface area (Å²) < 4.78 is 11.2. The van der Waals surface area contributed by atoms with E-state index < -0.39 is 0 Å². The number of rotatable bonds is 3. The Balaban J connectivity index is 1.55. The standard InChI is InChI=1S/C17H21NO3/c19-16(18-13-3-1-2-4-13)17(7-8-17)12-5-6-14-15(11-12)21-10-9-20-14/h5-6,11,13H,1-4,7-10H2,(H,18,19). The van der Waals surface area contributed by atoms with Gasteiger partial charge in [-0.1, -0.05) is 18.9 Å². The third kappa shape index (κ3) is 2.27. The monoisotopic (exact) mass is 287 g/mol. The van der Waals surface area contributed by atoms with Crippen LogP contribution in [0, 0.1) is 0 Å². The molecule has 1 amide bonds. The topological polar surface area (TPSA) is 47.6 Å². The zero-order valence-electron chi connectivity index (χ0n) is 12.2. The van der Waals surface area contributed by atoms with Gasteiger partial charge in [-0.25, -0.2) is 0 Å². The molecule has 2 fully saturated rings. The van der Waals surface area contributed by atoms with Crippen LogP contribution in [0.4, 0.5) is 0 Å². The quantitative estimate of drug-likeness (QED) is 0.929. The van der Waals surface area contributed by atoms with Crippen molar-refractivity contribution in [3.63, 3.8) is 0 Å². The van der Waals surface area contributed by atoms with Crippen molar-refractivity contribution >= 4 is 5.91 Å². The third-order valence-electron chi connectivity index (χ3n) is 4.97. The average Bonchev–Trinajstić information content (AvgIpc) is 3.19. The first-order valence-corrected chi connectivity index (χ1v) is 7.99. The van der Waals surface area contributed by atoms with Crippen molar-refractivity contribution in [2.75, 3.05) is 13.2 Å². The van der Waals surface area contributed by atoms with Crippen LogP contribution in [0.5, 0.6) is 11.5 Å². The number of carbonyl (C=O) groups excluding carboxylic acids is 1. The minimum absolute atomic E-state index is 0.200. The molecule has 1 heterocycles. The molecule has 0 bridgehead atoms. The van der Waals surface area contributed by atoms with E-state index in [1.165, 1.54) is 12.8 Å². The summed E-state index contributed by atoms with van der Waals surface area (Å²) in [5.41, 5.74) is 0.751. The second kappa shape index (κ2) is 4.93. The molecule has 0 spiro atoms. The van der Waals surface area contributed by atoms with E-state index in [1.807, 2.05) is 18.2 Å². The van der Waals surface area contributed by atoms with Gasteiger partial charge >= 0.3 is 0 Å². The summed E-state index contributed by atoms with van der Waals surface area (Å²) in [6.45, 7) is 1.18. The molecule has 3 aliphatic rings. The zero-order valence-corrected chi connectivity index (χ0v) is 12.2. The Morgan fingerprint density at radius 2 is 1.81 bits per heavy atom. The predicted molar refractivity (Wildman–Crippen MR) is 78.7 cm³/mol. The van der Waals surface area contributed by atoms with Crippen LogP contribution >= 0.6 is 0 Å². The van der Waals surface area contributed by atoms with Gasteiger partial charge in [-0.15, -0.1) is 0 Å². The molecule has 2 aliphatic carbocycles. The number of hydrogen-bond donors (Lipinski definition) is 1. The molecular weight excluding hydrogens is 266 g/mol. The highest BCUT2D eigenvalue weighted by atomic mass is 16.6. The molecule has 21 heavy (non-hydrogen) atoms. The number of ether oxygens (including phenoxy) is 2. The Bertz CT molecular complexity index is 559. The summed E-state index contributed by atoms with van der Waals surface area (Å²) in [5.74, 6) is 1.77. The summed E-state index contributed by atoms with van der Waals surface area (Å²) in [5, 5.41) is 3.25. The van der Waals surface area contributed by atoms with Crippen LogP contribution < -0.4 is 14.8 Å². The lowest BCUT2D eigenvalue weighted by Gasteiger charge is -2.23. The lowest BCUT2D eigenvalue weighted by molar-refractivity contribution is -0.124. The molecule has 4 heteroatoms. The lowest BCUT2D eigenvalue weighted by Crippen LogP contribution is -2.40. The van der Waals surface area contributed by atoms with E-state index in [9.17, 15) is 4.79 Å². The minimum atomic E-state index is -0.321. The third-order valence-corrected chi connectivity index (χ3v) is 4.97. The smallest absolute Gasteiger partial charge is 0.230 e.